The van der Waals surface area contributed by atoms with Gasteiger partial charge >= 0.3 is 0 Å². The Labute approximate surface area is 116 Å². The molecule has 2 N–H and O–H groups in total. The van der Waals surface area contributed by atoms with Crippen LogP contribution in [-0.4, -0.2) is 18.5 Å². The largest absolute Gasteiger partial charge is 0.376 e. The minimum atomic E-state index is 0.0564. The van der Waals surface area contributed by atoms with Crippen molar-refractivity contribution in [2.75, 3.05) is 11.9 Å². The van der Waals surface area contributed by atoms with E-state index in [1.54, 1.807) is 0 Å². The summed E-state index contributed by atoms with van der Waals surface area (Å²) in [5.74, 6) is 0.795. The van der Waals surface area contributed by atoms with Crippen molar-refractivity contribution in [1.82, 2.24) is 5.32 Å². The summed E-state index contributed by atoms with van der Waals surface area (Å²) in [4.78, 5) is 11.8. The number of carbonyl (C=O) groups is 1. The number of rotatable bonds is 8. The summed E-state index contributed by atoms with van der Waals surface area (Å²) < 4.78 is 0. The first-order chi connectivity index (χ1) is 9.08. The first-order valence-corrected chi connectivity index (χ1v) is 7.16. The summed E-state index contributed by atoms with van der Waals surface area (Å²) in [5, 5.41) is 6.13. The predicted octanol–water partition coefficient (Wildman–Crippen LogP) is 3.43. The van der Waals surface area contributed by atoms with E-state index in [2.05, 4.69) is 31.4 Å². The molecule has 3 nitrogen and oxygen atoms in total. The lowest BCUT2D eigenvalue weighted by molar-refractivity contribution is -0.120. The van der Waals surface area contributed by atoms with E-state index in [9.17, 15) is 4.79 Å². The lowest BCUT2D eigenvalue weighted by Gasteiger charge is -2.15. The molecular formula is C16H26N2O. The van der Waals surface area contributed by atoms with Crippen LogP contribution in [0, 0.1) is 5.92 Å². The van der Waals surface area contributed by atoms with Gasteiger partial charge in [-0.1, -0.05) is 44.9 Å². The molecule has 1 aromatic rings. The van der Waals surface area contributed by atoms with E-state index in [1.165, 1.54) is 12.8 Å². The second-order valence-electron chi connectivity index (χ2n) is 5.51. The van der Waals surface area contributed by atoms with Crippen LogP contribution in [0.1, 0.15) is 40.0 Å². The van der Waals surface area contributed by atoms with E-state index in [-0.39, 0.29) is 11.9 Å². The van der Waals surface area contributed by atoms with Gasteiger partial charge in [-0.2, -0.15) is 0 Å². The zero-order valence-electron chi connectivity index (χ0n) is 12.3. The minimum absolute atomic E-state index is 0.0564. The van der Waals surface area contributed by atoms with Crippen molar-refractivity contribution < 1.29 is 4.79 Å². The van der Waals surface area contributed by atoms with E-state index >= 15 is 0 Å². The van der Waals surface area contributed by atoms with Crippen LogP contribution in [0.5, 0.6) is 0 Å². The molecule has 1 atom stereocenters. The molecule has 0 saturated carbocycles. The topological polar surface area (TPSA) is 41.1 Å². The molecular weight excluding hydrogens is 236 g/mol. The highest BCUT2D eigenvalue weighted by atomic mass is 16.1. The number of anilines is 1. The van der Waals surface area contributed by atoms with Crippen molar-refractivity contribution >= 4 is 11.6 Å². The van der Waals surface area contributed by atoms with Crippen molar-refractivity contribution in [1.29, 1.82) is 0 Å². The van der Waals surface area contributed by atoms with E-state index in [1.807, 2.05) is 30.3 Å². The van der Waals surface area contributed by atoms with Crippen molar-refractivity contribution in [2.24, 2.45) is 5.92 Å². The molecule has 19 heavy (non-hydrogen) atoms. The van der Waals surface area contributed by atoms with Crippen molar-refractivity contribution in [3.05, 3.63) is 30.3 Å². The number of nitrogens with one attached hydrogen (secondary N) is 2. The molecule has 0 aliphatic heterocycles. The fourth-order valence-corrected chi connectivity index (χ4v) is 1.97. The highest BCUT2D eigenvalue weighted by Gasteiger charge is 2.07. The molecule has 0 aliphatic rings. The second kappa shape index (κ2) is 8.57. The van der Waals surface area contributed by atoms with Crippen molar-refractivity contribution in [3.8, 4) is 0 Å². The van der Waals surface area contributed by atoms with Gasteiger partial charge in [-0.05, 0) is 31.4 Å². The lowest BCUT2D eigenvalue weighted by Crippen LogP contribution is -2.36. The predicted molar refractivity (Wildman–Crippen MR) is 81.2 cm³/mol. The Bertz CT molecular complexity index is 362. The van der Waals surface area contributed by atoms with Gasteiger partial charge in [-0.25, -0.2) is 0 Å². The zero-order chi connectivity index (χ0) is 14.1. The number of amides is 1. The molecule has 0 bridgehead atoms. The number of para-hydroxylation sites is 1. The first kappa shape index (κ1) is 15.5. The smallest absolute Gasteiger partial charge is 0.239 e. The van der Waals surface area contributed by atoms with Gasteiger partial charge in [-0.3, -0.25) is 4.79 Å². The Balaban J connectivity index is 2.16. The minimum Gasteiger partial charge on any atom is -0.376 e. The Hall–Kier alpha value is -1.51. The summed E-state index contributed by atoms with van der Waals surface area (Å²) in [6.45, 7) is 6.86. The molecule has 0 spiro atoms. The number of carbonyl (C=O) groups excluding carboxylic acids is 1. The van der Waals surface area contributed by atoms with E-state index in [0.29, 0.717) is 6.54 Å². The van der Waals surface area contributed by atoms with Crippen LogP contribution in [0.4, 0.5) is 5.69 Å². The molecule has 3 heteroatoms. The maximum absolute atomic E-state index is 11.8. The molecule has 1 amide bonds. The Morgan fingerprint density at radius 1 is 1.11 bits per heavy atom. The van der Waals surface area contributed by atoms with E-state index in [4.69, 9.17) is 0 Å². The summed E-state index contributed by atoms with van der Waals surface area (Å²) in [6.07, 6.45) is 3.45. The molecule has 0 radical (unpaired) electrons. The van der Waals surface area contributed by atoms with Gasteiger partial charge in [0.25, 0.3) is 0 Å². The monoisotopic (exact) mass is 262 g/mol. The van der Waals surface area contributed by atoms with Crippen LogP contribution in [0.2, 0.25) is 0 Å². The Kier molecular flexibility index (Phi) is 7.01. The Morgan fingerprint density at radius 2 is 1.79 bits per heavy atom. The number of hydrogen-bond donors (Lipinski definition) is 2. The van der Waals surface area contributed by atoms with Gasteiger partial charge in [-0.15, -0.1) is 0 Å². The van der Waals surface area contributed by atoms with Gasteiger partial charge in [0.05, 0.1) is 6.54 Å². The molecule has 1 unspecified atom stereocenters. The van der Waals surface area contributed by atoms with Crippen LogP contribution in [-0.2, 0) is 4.79 Å². The van der Waals surface area contributed by atoms with E-state index < -0.39 is 0 Å². The highest BCUT2D eigenvalue weighted by molar-refractivity contribution is 5.80. The van der Waals surface area contributed by atoms with E-state index in [0.717, 1.165) is 18.0 Å². The normalized spacial score (nSPS) is 12.2. The SMILES string of the molecule is CC(C)CCCC(C)NC(=O)CNc1ccccc1. The highest BCUT2D eigenvalue weighted by Crippen LogP contribution is 2.08. The second-order valence-corrected chi connectivity index (χ2v) is 5.51. The maximum Gasteiger partial charge on any atom is 0.239 e. The van der Waals surface area contributed by atoms with Gasteiger partial charge in [0.15, 0.2) is 0 Å². The summed E-state index contributed by atoms with van der Waals surface area (Å²) in [6, 6.07) is 10.0. The summed E-state index contributed by atoms with van der Waals surface area (Å²) >= 11 is 0. The van der Waals surface area contributed by atoms with Crippen LogP contribution >= 0.6 is 0 Å². The van der Waals surface area contributed by atoms with Crippen LogP contribution in [0.25, 0.3) is 0 Å². The molecule has 1 rings (SSSR count). The zero-order valence-corrected chi connectivity index (χ0v) is 12.3. The summed E-state index contributed by atoms with van der Waals surface area (Å²) in [5.41, 5.74) is 0.977. The molecule has 0 heterocycles. The molecule has 1 aromatic carbocycles. The maximum atomic E-state index is 11.8. The van der Waals surface area contributed by atoms with Gasteiger partial charge in [0.1, 0.15) is 0 Å². The molecule has 0 saturated heterocycles. The number of hydrogen-bond acceptors (Lipinski definition) is 2. The van der Waals surface area contributed by atoms with Crippen LogP contribution in [0.3, 0.4) is 0 Å². The van der Waals surface area contributed by atoms with Crippen LogP contribution in [0.15, 0.2) is 30.3 Å². The van der Waals surface area contributed by atoms with Gasteiger partial charge in [0.2, 0.25) is 5.91 Å². The third-order valence-electron chi connectivity index (χ3n) is 3.05. The molecule has 0 aliphatic carbocycles. The molecule has 0 aromatic heterocycles. The molecule has 106 valence electrons. The third-order valence-corrected chi connectivity index (χ3v) is 3.05. The first-order valence-electron chi connectivity index (χ1n) is 7.16. The average Bonchev–Trinajstić information content (AvgIpc) is 2.37. The van der Waals surface area contributed by atoms with Gasteiger partial charge < -0.3 is 10.6 Å². The fourth-order valence-electron chi connectivity index (χ4n) is 1.97. The number of benzene rings is 1. The fraction of sp³-hybridized carbons (Fsp3) is 0.562. The third kappa shape index (κ3) is 7.50. The van der Waals surface area contributed by atoms with Crippen molar-refractivity contribution in [2.45, 2.75) is 46.1 Å². The van der Waals surface area contributed by atoms with Crippen LogP contribution < -0.4 is 10.6 Å². The van der Waals surface area contributed by atoms with Gasteiger partial charge in [0, 0.05) is 11.7 Å². The lowest BCUT2D eigenvalue weighted by atomic mass is 10.0. The average molecular weight is 262 g/mol. The Morgan fingerprint density at radius 3 is 2.42 bits per heavy atom. The quantitative estimate of drug-likeness (QED) is 0.753. The molecule has 0 fully saturated rings. The summed E-state index contributed by atoms with van der Waals surface area (Å²) in [7, 11) is 0. The standard InChI is InChI=1S/C16H26N2O/c1-13(2)8-7-9-14(3)18-16(19)12-17-15-10-5-4-6-11-15/h4-6,10-11,13-14,17H,7-9,12H2,1-3H3,(H,18,19). The van der Waals surface area contributed by atoms with Crippen molar-refractivity contribution in [3.63, 3.8) is 0 Å².